The molecule has 0 aliphatic rings. The fourth-order valence-corrected chi connectivity index (χ4v) is 4.23. The van der Waals surface area contributed by atoms with Crippen molar-refractivity contribution in [3.63, 3.8) is 0 Å². The zero-order valence-electron chi connectivity index (χ0n) is 32.6. The number of carbonyl (C=O) groups excluding carboxylic acids is 4. The lowest BCUT2D eigenvalue weighted by molar-refractivity contribution is -0.134. The Labute approximate surface area is 337 Å². The molecule has 10 heteroatoms. The molecule has 0 radical (unpaired) electrons. The number of alkyl halides is 1. The maximum Gasteiger partial charge on any atom is 0.337 e. The Morgan fingerprint density at radius 3 is 1.38 bits per heavy atom. The van der Waals surface area contributed by atoms with Crippen molar-refractivity contribution in [3.8, 4) is 29.4 Å². The van der Waals surface area contributed by atoms with Crippen LogP contribution in [0.5, 0.6) is 5.75 Å². The topological polar surface area (TPSA) is 114 Å². The Morgan fingerprint density at radius 1 is 0.569 bits per heavy atom. The summed E-state index contributed by atoms with van der Waals surface area (Å²) in [5.41, 5.74) is 4.84. The van der Waals surface area contributed by atoms with Crippen molar-refractivity contribution in [2.75, 3.05) is 13.3 Å². The first-order chi connectivity index (χ1) is 27.7. The van der Waals surface area contributed by atoms with Gasteiger partial charge in [-0.25, -0.2) is 23.6 Å². The highest BCUT2D eigenvalue weighted by molar-refractivity contribution is 5.89. The van der Waals surface area contributed by atoms with Gasteiger partial charge in [-0.2, -0.15) is 0 Å². The molecule has 0 heterocycles. The number of ether oxygens (including phenoxy) is 5. The molecule has 0 bridgehead atoms. The standard InChI is InChI=1S/C48H41FO9/c1-32(2)45(50)55-26-21-38-13-9-36(10-14-38)17-19-40-31-41(23-28-57-47(52)34(5)6)42(44(54-30-25-49)43(40)24-29-58-48(53)35(7)8)20-18-37-11-15-39(16-12-37)22-27-56-46(51)33(3)4/h9-16,21-24,26-29,31H,1,3,5,7,25,30H2,2,4,6,8H3. The van der Waals surface area contributed by atoms with Gasteiger partial charge in [0.25, 0.3) is 0 Å². The Kier molecular flexibility index (Phi) is 17.4. The molecule has 0 aliphatic heterocycles. The molecule has 0 spiro atoms. The average molecular weight is 781 g/mol. The number of halogens is 1. The average Bonchev–Trinajstić information content (AvgIpc) is 3.19. The van der Waals surface area contributed by atoms with Crippen molar-refractivity contribution < 1.29 is 47.3 Å². The lowest BCUT2D eigenvalue weighted by Crippen LogP contribution is -2.06. The first-order valence-electron chi connectivity index (χ1n) is 17.5. The van der Waals surface area contributed by atoms with Crippen molar-refractivity contribution in [2.24, 2.45) is 0 Å². The smallest absolute Gasteiger partial charge is 0.337 e. The fraction of sp³-hybridized carbons (Fsp3) is 0.125. The van der Waals surface area contributed by atoms with Crippen LogP contribution in [0.25, 0.3) is 24.3 Å². The van der Waals surface area contributed by atoms with Gasteiger partial charge in [0.05, 0.1) is 30.6 Å². The normalized spacial score (nSPS) is 10.6. The van der Waals surface area contributed by atoms with E-state index in [-0.39, 0.29) is 40.2 Å². The minimum atomic E-state index is -0.845. The highest BCUT2D eigenvalue weighted by atomic mass is 19.1. The summed E-state index contributed by atoms with van der Waals surface area (Å²) in [4.78, 5) is 47.8. The molecule has 294 valence electrons. The van der Waals surface area contributed by atoms with E-state index in [9.17, 15) is 23.6 Å². The molecule has 0 amide bonds. The number of hydrogen-bond donors (Lipinski definition) is 0. The van der Waals surface area contributed by atoms with Crippen LogP contribution in [0.3, 0.4) is 0 Å². The molecule has 0 saturated heterocycles. The van der Waals surface area contributed by atoms with Crippen LogP contribution in [-0.4, -0.2) is 37.2 Å². The number of esters is 4. The maximum absolute atomic E-state index is 13.7. The third kappa shape index (κ3) is 14.5. The third-order valence-electron chi connectivity index (χ3n) is 7.27. The largest absolute Gasteiger partial charge is 0.489 e. The molecule has 0 unspecified atom stereocenters. The minimum Gasteiger partial charge on any atom is -0.489 e. The summed E-state index contributed by atoms with van der Waals surface area (Å²) >= 11 is 0. The Hall–Kier alpha value is -7.69. The number of hydrogen-bond acceptors (Lipinski definition) is 9. The van der Waals surface area contributed by atoms with Crippen LogP contribution in [-0.2, 0) is 38.1 Å². The van der Waals surface area contributed by atoms with Crippen LogP contribution in [0.2, 0.25) is 0 Å². The molecule has 9 nitrogen and oxygen atoms in total. The molecule has 0 aliphatic carbocycles. The van der Waals surface area contributed by atoms with Gasteiger partial charge in [-0.15, -0.1) is 0 Å². The molecule has 0 aromatic heterocycles. The highest BCUT2D eigenvalue weighted by Crippen LogP contribution is 2.33. The molecule has 0 fully saturated rings. The second kappa shape index (κ2) is 22.6. The zero-order chi connectivity index (χ0) is 42.6. The summed E-state index contributed by atoms with van der Waals surface area (Å²) in [5.74, 6) is 10.1. The van der Waals surface area contributed by atoms with Crippen LogP contribution in [0, 0.1) is 23.7 Å². The number of rotatable bonds is 15. The number of benzene rings is 3. The van der Waals surface area contributed by atoms with Gasteiger partial charge < -0.3 is 23.7 Å². The second-order valence-electron chi connectivity index (χ2n) is 12.4. The predicted octanol–water partition coefficient (Wildman–Crippen LogP) is 9.19. The van der Waals surface area contributed by atoms with E-state index in [4.69, 9.17) is 23.7 Å². The van der Waals surface area contributed by atoms with Crippen molar-refractivity contribution >= 4 is 48.2 Å². The van der Waals surface area contributed by atoms with E-state index in [2.05, 4.69) is 50.0 Å². The van der Waals surface area contributed by atoms with E-state index < -0.39 is 30.6 Å². The summed E-state index contributed by atoms with van der Waals surface area (Å²) < 4.78 is 40.2. The van der Waals surface area contributed by atoms with Gasteiger partial charge in [-0.3, -0.25) is 0 Å². The minimum absolute atomic E-state index is 0.106. The highest BCUT2D eigenvalue weighted by Gasteiger charge is 2.17. The van der Waals surface area contributed by atoms with Gasteiger partial charge in [0, 0.05) is 44.5 Å². The molecule has 3 rings (SSSR count). The van der Waals surface area contributed by atoms with Crippen LogP contribution in [0.4, 0.5) is 4.39 Å². The monoisotopic (exact) mass is 780 g/mol. The van der Waals surface area contributed by atoms with Gasteiger partial charge in [-0.1, -0.05) is 74.3 Å². The van der Waals surface area contributed by atoms with Gasteiger partial charge in [0.1, 0.15) is 19.0 Å². The maximum atomic E-state index is 13.7. The second-order valence-corrected chi connectivity index (χ2v) is 12.4. The summed E-state index contributed by atoms with van der Waals surface area (Å²) in [7, 11) is 0. The van der Waals surface area contributed by atoms with E-state index in [1.165, 1.54) is 44.8 Å². The quantitative estimate of drug-likeness (QED) is 0.0490. The van der Waals surface area contributed by atoms with Gasteiger partial charge in [0.2, 0.25) is 0 Å². The lowest BCUT2D eigenvalue weighted by atomic mass is 9.95. The number of carbonyl (C=O) groups is 4. The van der Waals surface area contributed by atoms with Crippen molar-refractivity contribution in [1.82, 2.24) is 0 Å². The third-order valence-corrected chi connectivity index (χ3v) is 7.27. The van der Waals surface area contributed by atoms with E-state index in [0.29, 0.717) is 27.8 Å². The molecule has 3 aromatic rings. The van der Waals surface area contributed by atoms with E-state index in [1.807, 2.05) is 0 Å². The van der Waals surface area contributed by atoms with Crippen molar-refractivity contribution in [1.29, 1.82) is 0 Å². The lowest BCUT2D eigenvalue weighted by Gasteiger charge is -2.15. The molecule has 3 aromatic carbocycles. The van der Waals surface area contributed by atoms with Crippen LogP contribution >= 0.6 is 0 Å². The van der Waals surface area contributed by atoms with E-state index >= 15 is 0 Å². The predicted molar refractivity (Wildman–Crippen MR) is 223 cm³/mol. The van der Waals surface area contributed by atoms with Crippen molar-refractivity contribution in [3.05, 3.63) is 173 Å². The molecule has 0 N–H and O–H groups in total. The molecule has 58 heavy (non-hydrogen) atoms. The van der Waals surface area contributed by atoms with Gasteiger partial charge in [0.15, 0.2) is 0 Å². The van der Waals surface area contributed by atoms with Crippen molar-refractivity contribution in [2.45, 2.75) is 27.7 Å². The Balaban J connectivity index is 2.21. The first-order valence-corrected chi connectivity index (χ1v) is 17.5. The Morgan fingerprint density at radius 2 is 0.966 bits per heavy atom. The summed E-state index contributed by atoms with van der Waals surface area (Å²) in [5, 5.41) is 0. The molecule has 0 atom stereocenters. The summed E-state index contributed by atoms with van der Waals surface area (Å²) in [6.45, 7) is 19.2. The van der Waals surface area contributed by atoms with E-state index in [0.717, 1.165) is 17.4 Å². The molecular weight excluding hydrogens is 740 g/mol. The van der Waals surface area contributed by atoms with E-state index in [1.54, 1.807) is 80.6 Å². The van der Waals surface area contributed by atoms with Crippen LogP contribution in [0.1, 0.15) is 72.2 Å². The first kappa shape index (κ1) is 44.7. The summed E-state index contributed by atoms with van der Waals surface area (Å²) in [6.07, 6.45) is 11.0. The summed E-state index contributed by atoms with van der Waals surface area (Å²) in [6, 6.07) is 15.7. The zero-order valence-corrected chi connectivity index (χ0v) is 32.6. The fourth-order valence-electron chi connectivity index (χ4n) is 4.23. The van der Waals surface area contributed by atoms with Crippen LogP contribution in [0.15, 0.2) is 128 Å². The molecular formula is C48H41FO9. The van der Waals surface area contributed by atoms with Gasteiger partial charge in [-0.05, 0) is 99.0 Å². The molecule has 0 saturated carbocycles. The SMILES string of the molecule is C=C(C)C(=O)OC=Cc1ccc(C#Cc2cc(C=COC(=O)C(=C)C)c(C#Cc3ccc(C=COC(=O)C(=C)C)cc3)c(OCCF)c2C=COC(=O)C(=C)C)cc1. The van der Waals surface area contributed by atoms with Crippen LogP contribution < -0.4 is 4.74 Å². The van der Waals surface area contributed by atoms with Gasteiger partial charge >= 0.3 is 23.9 Å². The Bertz CT molecular complexity index is 2350.